The van der Waals surface area contributed by atoms with Gasteiger partial charge < -0.3 is 19.9 Å². The van der Waals surface area contributed by atoms with E-state index < -0.39 is 0 Å². The van der Waals surface area contributed by atoms with E-state index in [-0.39, 0.29) is 6.03 Å². The van der Waals surface area contributed by atoms with Crippen molar-refractivity contribution in [2.24, 2.45) is 0 Å². The number of carbonyl (C=O) groups is 1. The van der Waals surface area contributed by atoms with Gasteiger partial charge in [0.1, 0.15) is 11.6 Å². The predicted molar refractivity (Wildman–Crippen MR) is 151 cm³/mol. The number of methoxy groups -OCH3 is 1. The Morgan fingerprint density at radius 1 is 0.892 bits per heavy atom. The smallest absolute Gasteiger partial charge is 0.321 e. The molecule has 2 amide bonds. The average molecular weight is 498 g/mol. The Morgan fingerprint density at radius 3 is 2.08 bits per heavy atom. The summed E-state index contributed by atoms with van der Waals surface area (Å²) in [5, 5.41) is 5.23. The number of rotatable bonds is 5. The number of nitrogens with one attached hydrogen (secondary N) is 1. The van der Waals surface area contributed by atoms with Crippen molar-refractivity contribution in [3.05, 3.63) is 90.4 Å². The lowest BCUT2D eigenvalue weighted by Gasteiger charge is -2.36. The van der Waals surface area contributed by atoms with Gasteiger partial charge in [-0.05, 0) is 49.2 Å². The molecule has 0 bridgehead atoms. The second-order valence-corrected chi connectivity index (χ2v) is 8.83. The summed E-state index contributed by atoms with van der Waals surface area (Å²) < 4.78 is 5.17. The molecule has 0 unspecified atom stereocenters. The molecule has 1 N–H and O–H groups in total. The van der Waals surface area contributed by atoms with Gasteiger partial charge >= 0.3 is 6.03 Å². The highest BCUT2D eigenvalue weighted by Crippen LogP contribution is 2.27. The fourth-order valence-corrected chi connectivity index (χ4v) is 4.22. The summed E-state index contributed by atoms with van der Waals surface area (Å²) in [7, 11) is 1.63. The summed E-state index contributed by atoms with van der Waals surface area (Å²) in [6, 6.07) is 23.6. The molecule has 192 valence electrons. The molecule has 1 saturated heterocycles. The lowest BCUT2D eigenvalue weighted by molar-refractivity contribution is 0.208. The molecule has 0 aliphatic carbocycles. The second kappa shape index (κ2) is 12.7. The van der Waals surface area contributed by atoms with Gasteiger partial charge in [-0.25, -0.2) is 9.78 Å². The summed E-state index contributed by atoms with van der Waals surface area (Å²) in [5.74, 6) is 1.77. The van der Waals surface area contributed by atoms with Gasteiger partial charge in [0.15, 0.2) is 0 Å². The van der Waals surface area contributed by atoms with Gasteiger partial charge in [0, 0.05) is 60.2 Å². The van der Waals surface area contributed by atoms with Gasteiger partial charge in [0.25, 0.3) is 0 Å². The number of hydrogen-bond donors (Lipinski definition) is 1. The Bertz CT molecular complexity index is 1260. The Morgan fingerprint density at radius 2 is 1.51 bits per heavy atom. The van der Waals surface area contributed by atoms with Gasteiger partial charge in [0.05, 0.1) is 7.11 Å². The van der Waals surface area contributed by atoms with Gasteiger partial charge in [-0.2, -0.15) is 0 Å². The van der Waals surface area contributed by atoms with Gasteiger partial charge in [0.2, 0.25) is 0 Å². The SMILES string of the molecule is CCc1cc2c(N3CCN(C(=O)Nc4ccc(OC)cc4)CC3)nc(CC)cc2cn1.c1ccccc1. The third kappa shape index (κ3) is 6.76. The van der Waals surface area contributed by atoms with E-state index in [2.05, 4.69) is 41.2 Å². The van der Waals surface area contributed by atoms with E-state index in [1.807, 2.05) is 71.8 Å². The maximum atomic E-state index is 12.7. The molecule has 1 fully saturated rings. The molecule has 3 heterocycles. The van der Waals surface area contributed by atoms with Crippen LogP contribution in [0.1, 0.15) is 25.2 Å². The van der Waals surface area contributed by atoms with E-state index in [4.69, 9.17) is 9.72 Å². The van der Waals surface area contributed by atoms with Crippen LogP contribution in [0.3, 0.4) is 0 Å². The molecule has 2 aromatic heterocycles. The van der Waals surface area contributed by atoms with E-state index in [0.717, 1.165) is 65.3 Å². The van der Waals surface area contributed by atoms with E-state index >= 15 is 0 Å². The van der Waals surface area contributed by atoms with Crippen LogP contribution in [0.25, 0.3) is 10.8 Å². The fraction of sp³-hybridized carbons (Fsp3) is 0.300. The van der Waals surface area contributed by atoms with E-state index in [1.54, 1.807) is 7.11 Å². The molecule has 2 aromatic carbocycles. The zero-order valence-corrected chi connectivity index (χ0v) is 21.9. The number of nitrogens with zero attached hydrogens (tertiary/aromatic N) is 4. The van der Waals surface area contributed by atoms with Gasteiger partial charge in [-0.15, -0.1) is 0 Å². The molecule has 7 nitrogen and oxygen atoms in total. The molecule has 0 spiro atoms. The van der Waals surface area contributed by atoms with Crippen LogP contribution in [-0.4, -0.2) is 54.2 Å². The number of urea groups is 1. The molecule has 1 aliphatic heterocycles. The van der Waals surface area contributed by atoms with Crippen LogP contribution in [0, 0.1) is 0 Å². The third-order valence-electron chi connectivity index (χ3n) is 6.40. The van der Waals surface area contributed by atoms with Crippen LogP contribution >= 0.6 is 0 Å². The number of hydrogen-bond acceptors (Lipinski definition) is 5. The van der Waals surface area contributed by atoms with E-state index in [9.17, 15) is 4.79 Å². The Hall–Kier alpha value is -4.13. The minimum absolute atomic E-state index is 0.0811. The average Bonchev–Trinajstić information content (AvgIpc) is 2.98. The van der Waals surface area contributed by atoms with Crippen molar-refractivity contribution in [1.82, 2.24) is 14.9 Å². The van der Waals surface area contributed by atoms with Crippen molar-refractivity contribution >= 4 is 28.3 Å². The number of pyridine rings is 2. The Balaban J connectivity index is 0.000000469. The normalized spacial score (nSPS) is 13.1. The minimum atomic E-state index is -0.0811. The minimum Gasteiger partial charge on any atom is -0.497 e. The number of aromatic nitrogens is 2. The lowest BCUT2D eigenvalue weighted by Crippen LogP contribution is -2.50. The number of benzene rings is 2. The first kappa shape index (κ1) is 25.9. The topological polar surface area (TPSA) is 70.6 Å². The number of ether oxygens (including phenoxy) is 1. The molecular weight excluding hydrogens is 462 g/mol. The highest BCUT2D eigenvalue weighted by molar-refractivity contribution is 5.93. The molecule has 1 aliphatic rings. The van der Waals surface area contributed by atoms with Crippen molar-refractivity contribution in [2.75, 3.05) is 43.5 Å². The molecular formula is C30H35N5O2. The number of piperazine rings is 1. The maximum absolute atomic E-state index is 12.7. The van der Waals surface area contributed by atoms with Crippen molar-refractivity contribution in [1.29, 1.82) is 0 Å². The summed E-state index contributed by atoms with van der Waals surface area (Å²) in [6.45, 7) is 7.01. The van der Waals surface area contributed by atoms with Crippen LogP contribution in [0.15, 0.2) is 79.0 Å². The largest absolute Gasteiger partial charge is 0.497 e. The van der Waals surface area contributed by atoms with Crippen molar-refractivity contribution in [3.8, 4) is 5.75 Å². The molecule has 0 radical (unpaired) electrons. The summed E-state index contributed by atoms with van der Waals surface area (Å²) >= 11 is 0. The van der Waals surface area contributed by atoms with Crippen LogP contribution in [0.5, 0.6) is 5.75 Å². The first-order valence-electron chi connectivity index (χ1n) is 12.8. The molecule has 7 heteroatoms. The number of aryl methyl sites for hydroxylation is 2. The maximum Gasteiger partial charge on any atom is 0.321 e. The number of fused-ring (bicyclic) bond motifs is 1. The zero-order valence-electron chi connectivity index (χ0n) is 21.9. The molecule has 4 aromatic rings. The van der Waals surface area contributed by atoms with Crippen LogP contribution in [-0.2, 0) is 12.8 Å². The highest BCUT2D eigenvalue weighted by atomic mass is 16.5. The number of carbonyl (C=O) groups excluding carboxylic acids is 1. The monoisotopic (exact) mass is 497 g/mol. The van der Waals surface area contributed by atoms with E-state index in [1.165, 1.54) is 0 Å². The Labute approximate surface area is 219 Å². The fourth-order valence-electron chi connectivity index (χ4n) is 4.22. The Kier molecular flexibility index (Phi) is 8.92. The first-order valence-corrected chi connectivity index (χ1v) is 12.8. The standard InChI is InChI=1S/C24H29N5O2.C6H6/c1-4-18-15-22-17(16-25-18)14-19(5-2)26-23(22)28-10-12-29(13-11-28)24(30)27-20-6-8-21(31-3)9-7-20;1-2-4-6-5-3-1/h6-9,14-16H,4-5,10-13H2,1-3H3,(H,27,30);1-6H. The molecule has 5 rings (SSSR count). The zero-order chi connectivity index (χ0) is 26.0. The first-order chi connectivity index (χ1) is 18.1. The third-order valence-corrected chi connectivity index (χ3v) is 6.40. The molecule has 0 saturated carbocycles. The second-order valence-electron chi connectivity index (χ2n) is 8.83. The van der Waals surface area contributed by atoms with Crippen LogP contribution in [0.4, 0.5) is 16.3 Å². The summed E-state index contributed by atoms with van der Waals surface area (Å²) in [6.07, 6.45) is 3.73. The van der Waals surface area contributed by atoms with E-state index in [0.29, 0.717) is 13.1 Å². The van der Waals surface area contributed by atoms with Crippen LogP contribution in [0.2, 0.25) is 0 Å². The molecule has 0 atom stereocenters. The van der Waals surface area contributed by atoms with Crippen molar-refractivity contribution < 1.29 is 9.53 Å². The quantitative estimate of drug-likeness (QED) is 0.377. The van der Waals surface area contributed by atoms with Crippen molar-refractivity contribution in [3.63, 3.8) is 0 Å². The predicted octanol–water partition coefficient (Wildman–Crippen LogP) is 5.80. The highest BCUT2D eigenvalue weighted by Gasteiger charge is 2.23. The summed E-state index contributed by atoms with van der Waals surface area (Å²) in [5.41, 5.74) is 2.89. The van der Waals surface area contributed by atoms with Crippen LogP contribution < -0.4 is 15.0 Å². The summed E-state index contributed by atoms with van der Waals surface area (Å²) in [4.78, 5) is 26.3. The number of amides is 2. The number of anilines is 2. The molecule has 37 heavy (non-hydrogen) atoms. The van der Waals surface area contributed by atoms with Crippen molar-refractivity contribution in [2.45, 2.75) is 26.7 Å². The van der Waals surface area contributed by atoms with Gasteiger partial charge in [-0.3, -0.25) is 4.98 Å². The lowest BCUT2D eigenvalue weighted by atomic mass is 10.1. The van der Waals surface area contributed by atoms with Gasteiger partial charge in [-0.1, -0.05) is 50.2 Å².